The third kappa shape index (κ3) is 3.37. The maximum Gasteiger partial charge on any atom is 0.310 e. The molecule has 0 aromatic heterocycles. The van der Waals surface area contributed by atoms with Crippen molar-refractivity contribution in [1.82, 2.24) is 4.31 Å². The van der Waals surface area contributed by atoms with E-state index in [9.17, 15) is 13.2 Å². The molecule has 0 bridgehead atoms. The number of carbonyl (C=O) groups is 1. The molecular formula is C12H12BrCl2NO4S. The molecule has 0 aliphatic carbocycles. The zero-order valence-corrected chi connectivity index (χ0v) is 14.9. The lowest BCUT2D eigenvalue weighted by atomic mass is 10.1. The van der Waals surface area contributed by atoms with Crippen molar-refractivity contribution in [3.05, 3.63) is 26.7 Å². The number of rotatable bonds is 3. The van der Waals surface area contributed by atoms with E-state index >= 15 is 0 Å². The van der Waals surface area contributed by atoms with Gasteiger partial charge in [-0.3, -0.25) is 4.79 Å². The molecule has 1 heterocycles. The highest BCUT2D eigenvalue weighted by atomic mass is 79.9. The second-order valence-corrected chi connectivity index (χ2v) is 8.18. The standard InChI is InChI=1S/C12H12BrCl2NO4S/c1-20-12(17)7-2-3-16(6-7)21(18,19)11-9(14)4-8(13)5-10(11)15/h4-5,7H,2-3,6H2,1H3. The highest BCUT2D eigenvalue weighted by Gasteiger charge is 2.38. The van der Waals surface area contributed by atoms with Gasteiger partial charge in [-0.25, -0.2) is 8.42 Å². The van der Waals surface area contributed by atoms with E-state index in [-0.39, 0.29) is 28.0 Å². The van der Waals surface area contributed by atoms with Crippen LogP contribution in [-0.4, -0.2) is 38.9 Å². The van der Waals surface area contributed by atoms with Gasteiger partial charge in [-0.15, -0.1) is 0 Å². The number of nitrogens with zero attached hydrogens (tertiary/aromatic N) is 1. The van der Waals surface area contributed by atoms with Gasteiger partial charge in [0.2, 0.25) is 10.0 Å². The Morgan fingerprint density at radius 1 is 1.38 bits per heavy atom. The fraction of sp³-hybridized carbons (Fsp3) is 0.417. The average molecular weight is 417 g/mol. The molecule has 0 spiro atoms. The van der Waals surface area contributed by atoms with E-state index in [1.165, 1.54) is 23.5 Å². The van der Waals surface area contributed by atoms with Crippen LogP contribution in [0.2, 0.25) is 10.0 Å². The maximum atomic E-state index is 12.6. The Kier molecular flexibility index (Phi) is 5.20. The third-order valence-electron chi connectivity index (χ3n) is 3.25. The normalized spacial score (nSPS) is 19.7. The number of ether oxygens (including phenoxy) is 1. The number of carbonyl (C=O) groups excluding carboxylic acids is 1. The van der Waals surface area contributed by atoms with E-state index in [0.717, 1.165) is 0 Å². The second-order valence-electron chi connectivity index (χ2n) is 4.57. The summed E-state index contributed by atoms with van der Waals surface area (Å²) in [6.45, 7) is 0.294. The predicted molar refractivity (Wildman–Crippen MR) is 83.0 cm³/mol. The lowest BCUT2D eigenvalue weighted by Gasteiger charge is -2.18. The Bertz CT molecular complexity index is 657. The lowest BCUT2D eigenvalue weighted by molar-refractivity contribution is -0.144. The number of hydrogen-bond donors (Lipinski definition) is 0. The van der Waals surface area contributed by atoms with Crippen LogP contribution in [-0.2, 0) is 19.6 Å². The monoisotopic (exact) mass is 415 g/mol. The summed E-state index contributed by atoms with van der Waals surface area (Å²) in [5.41, 5.74) is 0. The van der Waals surface area contributed by atoms with Crippen LogP contribution in [0.15, 0.2) is 21.5 Å². The van der Waals surface area contributed by atoms with Gasteiger partial charge in [-0.1, -0.05) is 39.1 Å². The van der Waals surface area contributed by atoms with E-state index in [0.29, 0.717) is 10.9 Å². The molecule has 1 unspecified atom stereocenters. The van der Waals surface area contributed by atoms with E-state index in [2.05, 4.69) is 20.7 Å². The van der Waals surface area contributed by atoms with Crippen LogP contribution < -0.4 is 0 Å². The number of halogens is 3. The van der Waals surface area contributed by atoms with Gasteiger partial charge in [-0.2, -0.15) is 4.31 Å². The molecule has 9 heteroatoms. The zero-order chi connectivity index (χ0) is 15.8. The molecule has 1 atom stereocenters. The third-order valence-corrected chi connectivity index (χ3v) is 6.49. The van der Waals surface area contributed by atoms with Crippen molar-refractivity contribution < 1.29 is 17.9 Å². The molecule has 0 amide bonds. The minimum Gasteiger partial charge on any atom is -0.469 e. The number of hydrogen-bond acceptors (Lipinski definition) is 4. The van der Waals surface area contributed by atoms with Crippen molar-refractivity contribution in [3.8, 4) is 0 Å². The largest absolute Gasteiger partial charge is 0.469 e. The van der Waals surface area contributed by atoms with Gasteiger partial charge in [0.15, 0.2) is 0 Å². The average Bonchev–Trinajstić information content (AvgIpc) is 2.86. The van der Waals surface area contributed by atoms with Gasteiger partial charge in [0.25, 0.3) is 0 Å². The van der Waals surface area contributed by atoms with Gasteiger partial charge >= 0.3 is 5.97 Å². The Morgan fingerprint density at radius 3 is 2.48 bits per heavy atom. The number of methoxy groups -OCH3 is 1. The Morgan fingerprint density at radius 2 is 1.95 bits per heavy atom. The van der Waals surface area contributed by atoms with Crippen molar-refractivity contribution in [2.45, 2.75) is 11.3 Å². The second kappa shape index (κ2) is 6.42. The summed E-state index contributed by atoms with van der Waals surface area (Å²) in [6.07, 6.45) is 0.414. The van der Waals surface area contributed by atoms with Gasteiger partial charge in [0.05, 0.1) is 23.1 Å². The first-order chi connectivity index (χ1) is 9.77. The van der Waals surface area contributed by atoms with Crippen molar-refractivity contribution in [3.63, 3.8) is 0 Å². The number of benzene rings is 1. The molecule has 2 rings (SSSR count). The van der Waals surface area contributed by atoms with Gasteiger partial charge in [-0.05, 0) is 18.6 Å². The minimum absolute atomic E-state index is 0.0379. The van der Waals surface area contributed by atoms with Crippen molar-refractivity contribution in [2.24, 2.45) is 5.92 Å². The molecule has 0 N–H and O–H groups in total. The molecule has 1 saturated heterocycles. The topological polar surface area (TPSA) is 63.7 Å². The highest BCUT2D eigenvalue weighted by molar-refractivity contribution is 9.10. The van der Waals surface area contributed by atoms with Gasteiger partial charge in [0.1, 0.15) is 4.90 Å². The number of esters is 1. The molecular weight excluding hydrogens is 405 g/mol. The van der Waals surface area contributed by atoms with Crippen molar-refractivity contribution in [2.75, 3.05) is 20.2 Å². The quantitative estimate of drug-likeness (QED) is 0.710. The summed E-state index contributed by atoms with van der Waals surface area (Å²) >= 11 is 15.2. The van der Waals surface area contributed by atoms with Gasteiger partial charge < -0.3 is 4.74 Å². The van der Waals surface area contributed by atoms with E-state index in [1.807, 2.05) is 0 Å². The Labute approximate surface area is 141 Å². The van der Waals surface area contributed by atoms with Crippen LogP contribution >= 0.6 is 39.1 Å². The first kappa shape index (κ1) is 17.0. The van der Waals surface area contributed by atoms with Crippen LogP contribution in [0.1, 0.15) is 6.42 Å². The fourth-order valence-corrected chi connectivity index (χ4v) is 5.59. The molecule has 1 aliphatic rings. The summed E-state index contributed by atoms with van der Waals surface area (Å²) in [6, 6.07) is 2.93. The lowest BCUT2D eigenvalue weighted by Crippen LogP contribution is -2.30. The molecule has 116 valence electrons. The summed E-state index contributed by atoms with van der Waals surface area (Å²) in [5, 5.41) is 0.0757. The predicted octanol–water partition coefficient (Wildman–Crippen LogP) is 2.94. The van der Waals surface area contributed by atoms with Crippen LogP contribution in [0.3, 0.4) is 0 Å². The van der Waals surface area contributed by atoms with Crippen LogP contribution in [0.5, 0.6) is 0 Å². The van der Waals surface area contributed by atoms with Crippen molar-refractivity contribution in [1.29, 1.82) is 0 Å². The molecule has 21 heavy (non-hydrogen) atoms. The van der Waals surface area contributed by atoms with E-state index in [4.69, 9.17) is 23.2 Å². The molecule has 1 aromatic carbocycles. The Balaban J connectivity index is 2.34. The molecule has 1 aromatic rings. The molecule has 5 nitrogen and oxygen atoms in total. The highest BCUT2D eigenvalue weighted by Crippen LogP contribution is 2.36. The zero-order valence-electron chi connectivity index (χ0n) is 11.0. The van der Waals surface area contributed by atoms with Crippen LogP contribution in [0.25, 0.3) is 0 Å². The van der Waals surface area contributed by atoms with Crippen molar-refractivity contribution >= 4 is 55.1 Å². The summed E-state index contributed by atoms with van der Waals surface area (Å²) < 4.78 is 31.7. The van der Waals surface area contributed by atoms with Crippen LogP contribution in [0, 0.1) is 5.92 Å². The first-order valence-electron chi connectivity index (χ1n) is 6.00. The maximum absolute atomic E-state index is 12.6. The summed E-state index contributed by atoms with van der Waals surface area (Å²) in [7, 11) is -2.57. The van der Waals surface area contributed by atoms with E-state index in [1.54, 1.807) is 0 Å². The van der Waals surface area contributed by atoms with Gasteiger partial charge in [0, 0.05) is 17.6 Å². The SMILES string of the molecule is COC(=O)C1CCN(S(=O)(=O)c2c(Cl)cc(Br)cc2Cl)C1. The van der Waals surface area contributed by atoms with Crippen LogP contribution in [0.4, 0.5) is 0 Å². The van der Waals surface area contributed by atoms with E-state index < -0.39 is 21.9 Å². The number of sulfonamides is 1. The Hall–Kier alpha value is -0.340. The molecule has 0 saturated carbocycles. The smallest absolute Gasteiger partial charge is 0.310 e. The minimum atomic E-state index is -3.85. The summed E-state index contributed by atoms with van der Waals surface area (Å²) in [5.74, 6) is -0.876. The molecule has 1 fully saturated rings. The summed E-state index contributed by atoms with van der Waals surface area (Å²) in [4.78, 5) is 11.4. The molecule has 1 aliphatic heterocycles. The fourth-order valence-electron chi connectivity index (χ4n) is 2.21. The molecule has 0 radical (unpaired) electrons. The first-order valence-corrected chi connectivity index (χ1v) is 8.98.